The zero-order chi connectivity index (χ0) is 9.97. The molecule has 0 bridgehead atoms. The molecule has 0 spiro atoms. The van der Waals surface area contributed by atoms with Gasteiger partial charge in [0.1, 0.15) is 12.0 Å². The van der Waals surface area contributed by atoms with E-state index >= 15 is 0 Å². The minimum Gasteiger partial charge on any atom is -0.241 e. The molecule has 0 saturated heterocycles. The van der Waals surface area contributed by atoms with E-state index in [1.807, 2.05) is 13.8 Å². The van der Waals surface area contributed by atoms with Gasteiger partial charge in [-0.15, -0.1) is 0 Å². The van der Waals surface area contributed by atoms with Crippen molar-refractivity contribution in [2.24, 2.45) is 0 Å². The lowest BCUT2D eigenvalue weighted by atomic mass is 10.2. The van der Waals surface area contributed by atoms with Crippen molar-refractivity contribution < 1.29 is 0 Å². The van der Waals surface area contributed by atoms with Gasteiger partial charge >= 0.3 is 0 Å². The van der Waals surface area contributed by atoms with Crippen molar-refractivity contribution in [1.82, 2.24) is 19.9 Å². The molecule has 0 atom stereocenters. The van der Waals surface area contributed by atoms with E-state index in [1.54, 1.807) is 18.5 Å². The molecule has 2 heterocycles. The topological polar surface area (TPSA) is 51.6 Å². The molecule has 2 rings (SSSR count). The first kappa shape index (κ1) is 8.74. The van der Waals surface area contributed by atoms with E-state index < -0.39 is 0 Å². The maximum Gasteiger partial charge on any atom is 0.178 e. The van der Waals surface area contributed by atoms with Crippen LogP contribution in [0.4, 0.5) is 0 Å². The van der Waals surface area contributed by atoms with Gasteiger partial charge in [-0.3, -0.25) is 0 Å². The van der Waals surface area contributed by atoms with Crippen LogP contribution in [0.2, 0.25) is 0 Å². The van der Waals surface area contributed by atoms with Crippen molar-refractivity contribution in [2.75, 3.05) is 0 Å². The average Bonchev–Trinajstić information content (AvgIpc) is 2.23. The molecule has 4 nitrogen and oxygen atoms in total. The molecule has 0 fully saturated rings. The molecule has 0 aliphatic carbocycles. The summed E-state index contributed by atoms with van der Waals surface area (Å²) in [5, 5.41) is 0. The molecule has 0 aliphatic heterocycles. The molecule has 0 aromatic carbocycles. The summed E-state index contributed by atoms with van der Waals surface area (Å²) in [5.74, 6) is 0.649. The Labute approximate surface area is 82.1 Å². The predicted molar refractivity (Wildman–Crippen MR) is 52.5 cm³/mol. The van der Waals surface area contributed by atoms with Gasteiger partial charge in [0, 0.05) is 18.1 Å². The summed E-state index contributed by atoms with van der Waals surface area (Å²) in [6, 6.07) is 1.78. The Hall–Kier alpha value is -1.84. The van der Waals surface area contributed by atoms with E-state index in [1.165, 1.54) is 6.33 Å². The molecule has 4 heteroatoms. The molecular formula is C10H10N4. The van der Waals surface area contributed by atoms with Gasteiger partial charge < -0.3 is 0 Å². The third-order valence-corrected chi connectivity index (χ3v) is 2.11. The molecule has 0 aliphatic rings. The highest BCUT2D eigenvalue weighted by molar-refractivity contribution is 5.54. The molecule has 14 heavy (non-hydrogen) atoms. The number of rotatable bonds is 1. The van der Waals surface area contributed by atoms with Crippen molar-refractivity contribution >= 4 is 0 Å². The van der Waals surface area contributed by atoms with Crippen LogP contribution in [0, 0.1) is 13.8 Å². The number of aryl methyl sites for hydroxylation is 1. The van der Waals surface area contributed by atoms with Gasteiger partial charge in [-0.2, -0.15) is 0 Å². The van der Waals surface area contributed by atoms with Crippen LogP contribution < -0.4 is 0 Å². The molecule has 0 radical (unpaired) electrons. The maximum atomic E-state index is 4.17. The third-order valence-electron chi connectivity index (χ3n) is 2.11. The van der Waals surface area contributed by atoms with Crippen LogP contribution in [0.5, 0.6) is 0 Å². The van der Waals surface area contributed by atoms with E-state index in [-0.39, 0.29) is 0 Å². The molecule has 0 amide bonds. The van der Waals surface area contributed by atoms with Crippen LogP contribution in [-0.4, -0.2) is 19.9 Å². The summed E-state index contributed by atoms with van der Waals surface area (Å²) < 4.78 is 0. The lowest BCUT2D eigenvalue weighted by Crippen LogP contribution is -1.97. The average molecular weight is 186 g/mol. The van der Waals surface area contributed by atoms with Gasteiger partial charge in [-0.25, -0.2) is 19.9 Å². The van der Waals surface area contributed by atoms with Gasteiger partial charge in [0.15, 0.2) is 5.82 Å². The highest BCUT2D eigenvalue weighted by Crippen LogP contribution is 2.16. The lowest BCUT2D eigenvalue weighted by Gasteiger charge is -2.03. The first-order valence-electron chi connectivity index (χ1n) is 4.34. The predicted octanol–water partition coefficient (Wildman–Crippen LogP) is 1.55. The van der Waals surface area contributed by atoms with Crippen LogP contribution >= 0.6 is 0 Å². The largest absolute Gasteiger partial charge is 0.241 e. The van der Waals surface area contributed by atoms with Crippen LogP contribution in [0.3, 0.4) is 0 Å². The van der Waals surface area contributed by atoms with Gasteiger partial charge in [0.25, 0.3) is 0 Å². The SMILES string of the molecule is Cc1ncnc(-c2ncccn2)c1C. The normalized spacial score (nSPS) is 10.1. The Morgan fingerprint density at radius 1 is 0.929 bits per heavy atom. The highest BCUT2D eigenvalue weighted by Gasteiger charge is 2.07. The fraction of sp³-hybridized carbons (Fsp3) is 0.200. The zero-order valence-corrected chi connectivity index (χ0v) is 8.10. The van der Waals surface area contributed by atoms with E-state index in [2.05, 4.69) is 19.9 Å². The summed E-state index contributed by atoms with van der Waals surface area (Å²) in [4.78, 5) is 16.6. The summed E-state index contributed by atoms with van der Waals surface area (Å²) in [6.07, 6.45) is 4.95. The molecule has 0 N–H and O–H groups in total. The Morgan fingerprint density at radius 3 is 2.36 bits per heavy atom. The maximum absolute atomic E-state index is 4.17. The minimum absolute atomic E-state index is 0.649. The fourth-order valence-corrected chi connectivity index (χ4v) is 1.19. The lowest BCUT2D eigenvalue weighted by molar-refractivity contribution is 1.04. The monoisotopic (exact) mass is 186 g/mol. The molecular weight excluding hydrogens is 176 g/mol. The van der Waals surface area contributed by atoms with Crippen molar-refractivity contribution in [3.05, 3.63) is 36.0 Å². The van der Waals surface area contributed by atoms with Crippen molar-refractivity contribution in [3.8, 4) is 11.5 Å². The second-order valence-corrected chi connectivity index (χ2v) is 3.01. The van der Waals surface area contributed by atoms with Crippen LogP contribution in [0.25, 0.3) is 11.5 Å². The molecule has 0 saturated carbocycles. The van der Waals surface area contributed by atoms with E-state index in [4.69, 9.17) is 0 Å². The molecule has 2 aromatic heterocycles. The standard InChI is InChI=1S/C10H10N4/c1-7-8(2)13-6-14-9(7)10-11-4-3-5-12-10/h3-6H,1-2H3. The van der Waals surface area contributed by atoms with Crippen molar-refractivity contribution in [3.63, 3.8) is 0 Å². The Bertz CT molecular complexity index is 439. The van der Waals surface area contributed by atoms with E-state index in [0.717, 1.165) is 17.0 Å². The quantitative estimate of drug-likeness (QED) is 0.678. The summed E-state index contributed by atoms with van der Waals surface area (Å²) >= 11 is 0. The number of hydrogen-bond donors (Lipinski definition) is 0. The Kier molecular flexibility index (Phi) is 2.18. The van der Waals surface area contributed by atoms with Gasteiger partial charge in [0.05, 0.1) is 0 Å². The van der Waals surface area contributed by atoms with Crippen LogP contribution in [0.1, 0.15) is 11.3 Å². The van der Waals surface area contributed by atoms with E-state index in [9.17, 15) is 0 Å². The number of aromatic nitrogens is 4. The second-order valence-electron chi connectivity index (χ2n) is 3.01. The third kappa shape index (κ3) is 1.46. The highest BCUT2D eigenvalue weighted by atomic mass is 14.9. The molecule has 2 aromatic rings. The summed E-state index contributed by atoms with van der Waals surface area (Å²) in [7, 11) is 0. The van der Waals surface area contributed by atoms with E-state index in [0.29, 0.717) is 5.82 Å². The van der Waals surface area contributed by atoms with Gasteiger partial charge in [-0.1, -0.05) is 0 Å². The minimum atomic E-state index is 0.649. The first-order chi connectivity index (χ1) is 6.79. The van der Waals surface area contributed by atoms with Crippen LogP contribution in [0.15, 0.2) is 24.8 Å². The molecule has 0 unspecified atom stereocenters. The Balaban J connectivity index is 2.58. The van der Waals surface area contributed by atoms with Crippen molar-refractivity contribution in [1.29, 1.82) is 0 Å². The summed E-state index contributed by atoms with van der Waals surface area (Å²) in [6.45, 7) is 3.92. The molecule has 70 valence electrons. The number of hydrogen-bond acceptors (Lipinski definition) is 4. The second kappa shape index (κ2) is 3.49. The smallest absolute Gasteiger partial charge is 0.178 e. The van der Waals surface area contributed by atoms with Crippen LogP contribution in [-0.2, 0) is 0 Å². The zero-order valence-electron chi connectivity index (χ0n) is 8.10. The first-order valence-corrected chi connectivity index (χ1v) is 4.34. The fourth-order valence-electron chi connectivity index (χ4n) is 1.19. The Morgan fingerprint density at radius 2 is 1.64 bits per heavy atom. The van der Waals surface area contributed by atoms with Gasteiger partial charge in [0.2, 0.25) is 0 Å². The number of nitrogens with zero attached hydrogens (tertiary/aromatic N) is 4. The van der Waals surface area contributed by atoms with Gasteiger partial charge in [-0.05, 0) is 25.5 Å². The summed E-state index contributed by atoms with van der Waals surface area (Å²) in [5.41, 5.74) is 2.79. The van der Waals surface area contributed by atoms with Crippen molar-refractivity contribution in [2.45, 2.75) is 13.8 Å².